The summed E-state index contributed by atoms with van der Waals surface area (Å²) in [6.07, 6.45) is -0.160. The first-order chi connectivity index (χ1) is 4.09. The van der Waals surface area contributed by atoms with E-state index in [-0.39, 0.29) is 6.29 Å². The van der Waals surface area contributed by atoms with E-state index >= 15 is 0 Å². The van der Waals surface area contributed by atoms with Gasteiger partial charge in [0, 0.05) is 0 Å². The van der Waals surface area contributed by atoms with Gasteiger partial charge in [-0.1, -0.05) is 0 Å². The fourth-order valence-corrected chi connectivity index (χ4v) is 0.850. The number of rotatable bonds is 3. The van der Waals surface area contributed by atoms with Crippen LogP contribution in [-0.4, -0.2) is 28.4 Å². The van der Waals surface area contributed by atoms with E-state index in [1.54, 1.807) is 0 Å². The highest BCUT2D eigenvalue weighted by molar-refractivity contribution is 7.98. The summed E-state index contributed by atoms with van der Waals surface area (Å²) < 4.78 is 37.1. The minimum Gasteiger partial charge on any atom is -0.771 e. The van der Waals surface area contributed by atoms with Crippen LogP contribution in [0.2, 0.25) is 0 Å². The summed E-state index contributed by atoms with van der Waals surface area (Å²) in [5.41, 5.74) is 0. The molecule has 2 atom stereocenters. The minimum atomic E-state index is -2.86. The van der Waals surface area contributed by atoms with Gasteiger partial charge in [-0.2, -0.15) is 0 Å². The van der Waals surface area contributed by atoms with Gasteiger partial charge in [0.1, 0.15) is 10.9 Å². The van der Waals surface area contributed by atoms with Gasteiger partial charge in [0.15, 0.2) is 0 Å². The van der Waals surface area contributed by atoms with Crippen LogP contribution in [0.1, 0.15) is 0 Å². The third kappa shape index (κ3) is 2.80. The third-order valence-corrected chi connectivity index (χ3v) is 2.41. The maximum Gasteiger partial charge on any atom is 0.145 e. The molecule has 0 fully saturated rings. The smallest absolute Gasteiger partial charge is 0.145 e. The van der Waals surface area contributed by atoms with E-state index in [1.807, 2.05) is 0 Å². The second-order valence-corrected chi connectivity index (χ2v) is 3.38. The second-order valence-electron chi connectivity index (χ2n) is 1.03. The van der Waals surface area contributed by atoms with Crippen molar-refractivity contribution in [2.75, 3.05) is 0 Å². The molecular weight excluding hydrogens is 168 g/mol. The van der Waals surface area contributed by atoms with E-state index in [4.69, 9.17) is 0 Å². The highest BCUT2D eigenvalue weighted by atomic mass is 32.3. The van der Waals surface area contributed by atoms with Crippen molar-refractivity contribution in [1.29, 1.82) is 0 Å². The first kappa shape index (κ1) is 8.89. The van der Waals surface area contributed by atoms with Crippen LogP contribution in [0.3, 0.4) is 0 Å². The molecule has 9 heavy (non-hydrogen) atoms. The van der Waals surface area contributed by atoms with Crippen LogP contribution >= 0.6 is 0 Å². The molecule has 0 amide bonds. The number of carbonyl (C=O) groups is 1. The van der Waals surface area contributed by atoms with E-state index < -0.39 is 26.7 Å². The molecule has 5 nitrogen and oxygen atoms in total. The molecule has 0 radical (unpaired) electrons. The Hall–Kier alpha value is -0.110. The summed E-state index contributed by atoms with van der Waals surface area (Å²) in [7, 11) is 0. The number of hydrogen-bond donors (Lipinski definition) is 0. The van der Waals surface area contributed by atoms with Crippen LogP contribution in [0.25, 0.3) is 0 Å². The predicted octanol–water partition coefficient (Wildman–Crippen LogP) is -1.73. The van der Waals surface area contributed by atoms with Gasteiger partial charge in [-0.15, -0.1) is 0 Å². The van der Waals surface area contributed by atoms with Crippen LogP contribution in [0, 0.1) is 0 Å². The largest absolute Gasteiger partial charge is 0.771 e. The van der Waals surface area contributed by atoms with Crippen LogP contribution in [-0.2, 0) is 27.0 Å². The zero-order valence-corrected chi connectivity index (χ0v) is 5.65. The van der Waals surface area contributed by atoms with Gasteiger partial charge in [0.05, 0.1) is 0 Å². The normalized spacial score (nSPS) is 20.2. The summed E-state index contributed by atoms with van der Waals surface area (Å²) in [6, 6.07) is 0. The van der Waals surface area contributed by atoms with Gasteiger partial charge in [0.2, 0.25) is 0 Å². The third-order valence-electron chi connectivity index (χ3n) is 0.490. The van der Waals surface area contributed by atoms with Gasteiger partial charge in [-0.3, -0.25) is 8.42 Å². The molecule has 0 N–H and O–H groups in total. The molecule has 0 aromatic heterocycles. The zero-order chi connectivity index (χ0) is 7.44. The molecule has 7 heteroatoms. The Morgan fingerprint density at radius 3 is 1.56 bits per heavy atom. The lowest BCUT2D eigenvalue weighted by atomic mass is 10.9. The molecule has 0 aliphatic carbocycles. The minimum absolute atomic E-state index is 0.160. The molecule has 54 valence electrons. The second kappa shape index (κ2) is 3.83. The van der Waals surface area contributed by atoms with Crippen LogP contribution < -0.4 is 0 Å². The molecule has 0 aliphatic heterocycles. The quantitative estimate of drug-likeness (QED) is 0.370. The Balaban J connectivity index is 4.16. The molecule has 0 aromatic rings. The summed E-state index contributed by atoms with van der Waals surface area (Å²) >= 11 is -5.73. The van der Waals surface area contributed by atoms with Crippen LogP contribution in [0.4, 0.5) is 0 Å². The molecule has 0 saturated heterocycles. The Bertz CT molecular complexity index is 139. The first-order valence-electron chi connectivity index (χ1n) is 1.71. The lowest BCUT2D eigenvalue weighted by Crippen LogP contribution is -2.21. The predicted molar refractivity (Wildman–Crippen MR) is 27.7 cm³/mol. The number of aldehydes is 1. The van der Waals surface area contributed by atoms with E-state index in [0.29, 0.717) is 0 Å². The molecule has 0 heterocycles. The maximum atomic E-state index is 9.75. The summed E-state index contributed by atoms with van der Waals surface area (Å²) in [5.74, 6) is 0. The standard InChI is InChI=1S/C2H4O5S2/c3-1-2(8(4)5)9(6)7/h1-2H,(H,4,5)(H,6,7)/p-2. The van der Waals surface area contributed by atoms with E-state index in [0.717, 1.165) is 0 Å². The van der Waals surface area contributed by atoms with Crippen molar-refractivity contribution in [3.63, 3.8) is 0 Å². The van der Waals surface area contributed by atoms with E-state index in [1.165, 1.54) is 0 Å². The topological polar surface area (TPSA) is 97.3 Å². The molecule has 0 saturated carbocycles. The lowest BCUT2D eigenvalue weighted by Gasteiger charge is -2.14. The first-order valence-corrected chi connectivity index (χ1v) is 3.98. The molecule has 0 aromatic carbocycles. The van der Waals surface area contributed by atoms with Crippen molar-refractivity contribution in [3.05, 3.63) is 0 Å². The Morgan fingerprint density at radius 1 is 1.22 bits per heavy atom. The van der Waals surface area contributed by atoms with Crippen LogP contribution in [0.5, 0.6) is 0 Å². The summed E-state index contributed by atoms with van der Waals surface area (Å²) in [6.45, 7) is 0. The fourth-order valence-electron chi connectivity index (χ4n) is 0.155. The van der Waals surface area contributed by atoms with Gasteiger partial charge < -0.3 is 13.9 Å². The monoisotopic (exact) mass is 170 g/mol. The Kier molecular flexibility index (Phi) is 3.78. The molecule has 0 bridgehead atoms. The molecule has 2 unspecified atom stereocenters. The highest BCUT2D eigenvalue weighted by Crippen LogP contribution is 1.92. The SMILES string of the molecule is O=CC(S(=O)[O-])S(=O)[O-]. The van der Waals surface area contributed by atoms with Gasteiger partial charge in [-0.05, 0) is 22.2 Å². The Morgan fingerprint density at radius 2 is 1.56 bits per heavy atom. The van der Waals surface area contributed by atoms with Crippen LogP contribution in [0.15, 0.2) is 0 Å². The molecular formula is C2H2O5S2-2. The van der Waals surface area contributed by atoms with E-state index in [9.17, 15) is 22.3 Å². The van der Waals surface area contributed by atoms with Crippen molar-refractivity contribution in [3.8, 4) is 0 Å². The van der Waals surface area contributed by atoms with Gasteiger partial charge in [0.25, 0.3) is 0 Å². The summed E-state index contributed by atoms with van der Waals surface area (Å²) in [5, 5.41) is 0. The van der Waals surface area contributed by atoms with Gasteiger partial charge >= 0.3 is 0 Å². The highest BCUT2D eigenvalue weighted by Gasteiger charge is 2.05. The lowest BCUT2D eigenvalue weighted by molar-refractivity contribution is -0.106. The zero-order valence-electron chi connectivity index (χ0n) is 4.01. The summed E-state index contributed by atoms with van der Waals surface area (Å²) in [4.78, 5) is 9.60. The average molecular weight is 170 g/mol. The van der Waals surface area contributed by atoms with Gasteiger partial charge in [-0.25, -0.2) is 0 Å². The van der Waals surface area contributed by atoms with Crippen molar-refractivity contribution in [2.24, 2.45) is 0 Å². The number of hydrogen-bond acceptors (Lipinski definition) is 5. The van der Waals surface area contributed by atoms with Crippen molar-refractivity contribution >= 4 is 28.4 Å². The average Bonchev–Trinajstić information content (AvgIpc) is 1.64. The maximum absolute atomic E-state index is 9.75. The molecule has 0 rings (SSSR count). The molecule has 0 aliphatic rings. The van der Waals surface area contributed by atoms with E-state index in [2.05, 4.69) is 0 Å². The molecule has 0 spiro atoms. The van der Waals surface area contributed by atoms with Crippen molar-refractivity contribution in [2.45, 2.75) is 4.58 Å². The number of carbonyl (C=O) groups excluding carboxylic acids is 1. The van der Waals surface area contributed by atoms with Crippen molar-refractivity contribution < 1.29 is 22.3 Å². The Labute approximate surface area is 56.0 Å². The fraction of sp³-hybridized carbons (Fsp3) is 0.500. The van der Waals surface area contributed by atoms with Crippen molar-refractivity contribution in [1.82, 2.24) is 0 Å².